The lowest BCUT2D eigenvalue weighted by molar-refractivity contribution is -0.110. The lowest BCUT2D eigenvalue weighted by atomic mass is 10.0. The fourth-order valence-corrected chi connectivity index (χ4v) is 4.46. The van der Waals surface area contributed by atoms with Crippen LogP contribution in [0, 0.1) is 0 Å². The second-order valence-electron chi connectivity index (χ2n) is 7.33. The van der Waals surface area contributed by atoms with E-state index in [4.69, 9.17) is 4.98 Å². The van der Waals surface area contributed by atoms with Gasteiger partial charge in [0.2, 0.25) is 0 Å². The Bertz CT molecular complexity index is 1220. The van der Waals surface area contributed by atoms with Crippen LogP contribution in [0.4, 0.5) is 5.69 Å². The topological polar surface area (TPSA) is 66.9 Å². The van der Waals surface area contributed by atoms with Crippen molar-refractivity contribution in [2.24, 2.45) is 0 Å². The highest BCUT2D eigenvalue weighted by molar-refractivity contribution is 7.13. The second-order valence-corrected chi connectivity index (χ2v) is 8.18. The van der Waals surface area contributed by atoms with Crippen molar-refractivity contribution in [2.45, 2.75) is 19.8 Å². The van der Waals surface area contributed by atoms with Crippen molar-refractivity contribution in [3.05, 3.63) is 83.3 Å². The van der Waals surface area contributed by atoms with E-state index in [0.717, 1.165) is 51.6 Å². The van der Waals surface area contributed by atoms with Gasteiger partial charge < -0.3 is 10.6 Å². The van der Waals surface area contributed by atoms with E-state index >= 15 is 0 Å². The van der Waals surface area contributed by atoms with Crippen LogP contribution in [0.3, 0.4) is 0 Å². The highest BCUT2D eigenvalue weighted by Gasteiger charge is 2.25. The highest BCUT2D eigenvalue weighted by Crippen LogP contribution is 2.37. The molecule has 0 fully saturated rings. The van der Waals surface area contributed by atoms with E-state index in [1.165, 1.54) is 5.57 Å². The molecule has 30 heavy (non-hydrogen) atoms. The maximum Gasteiger partial charge on any atom is 0.256 e. The van der Waals surface area contributed by atoms with Gasteiger partial charge in [-0.15, -0.1) is 11.3 Å². The number of anilines is 1. The Kier molecular flexibility index (Phi) is 4.77. The summed E-state index contributed by atoms with van der Waals surface area (Å²) in [6.45, 7) is 2.10. The van der Waals surface area contributed by atoms with Gasteiger partial charge in [0.05, 0.1) is 11.3 Å². The molecule has 3 aromatic rings. The number of amides is 1. The van der Waals surface area contributed by atoms with Gasteiger partial charge in [-0.2, -0.15) is 0 Å². The van der Waals surface area contributed by atoms with Crippen LogP contribution in [-0.4, -0.2) is 15.9 Å². The molecule has 0 saturated carbocycles. The third-order valence-corrected chi connectivity index (χ3v) is 6.21. The van der Waals surface area contributed by atoms with Crippen LogP contribution >= 0.6 is 11.3 Å². The molecule has 148 valence electrons. The number of aromatic nitrogens is 2. The standard InChI is InChI=1S/C24H20N4OS/c1-15-4-2-3-9-26-21(15)13-19-18-12-17(5-6-20(18)27-23(19)29)22-14-30-24(28-22)16-7-10-25-11-8-16/h3,5-14,26H,2,4H2,1H3,(H,27,29)/b19-13-. The summed E-state index contributed by atoms with van der Waals surface area (Å²) in [5.74, 6) is -0.0757. The number of allylic oxidation sites excluding steroid dienone is 3. The van der Waals surface area contributed by atoms with E-state index in [-0.39, 0.29) is 5.91 Å². The Labute approximate surface area is 178 Å². The summed E-state index contributed by atoms with van der Waals surface area (Å²) in [6.07, 6.45) is 11.5. The van der Waals surface area contributed by atoms with Crippen molar-refractivity contribution in [3.63, 3.8) is 0 Å². The molecule has 1 aromatic carbocycles. The van der Waals surface area contributed by atoms with Gasteiger partial charge >= 0.3 is 0 Å². The number of benzene rings is 1. The number of hydrogen-bond acceptors (Lipinski definition) is 5. The molecule has 4 heterocycles. The molecule has 0 saturated heterocycles. The molecule has 1 amide bonds. The predicted molar refractivity (Wildman–Crippen MR) is 122 cm³/mol. The number of thiazole rings is 1. The van der Waals surface area contributed by atoms with E-state index in [9.17, 15) is 4.79 Å². The minimum absolute atomic E-state index is 0.0757. The van der Waals surface area contributed by atoms with E-state index < -0.39 is 0 Å². The van der Waals surface area contributed by atoms with Gasteiger partial charge in [0.15, 0.2) is 0 Å². The largest absolute Gasteiger partial charge is 0.362 e. The first-order valence-corrected chi connectivity index (χ1v) is 10.7. The molecule has 6 heteroatoms. The van der Waals surface area contributed by atoms with Crippen LogP contribution in [0.25, 0.3) is 27.4 Å². The Balaban J connectivity index is 1.52. The van der Waals surface area contributed by atoms with Crippen molar-refractivity contribution >= 4 is 28.5 Å². The Morgan fingerprint density at radius 2 is 2.00 bits per heavy atom. The molecule has 2 aromatic heterocycles. The lowest BCUT2D eigenvalue weighted by Crippen LogP contribution is -2.08. The van der Waals surface area contributed by atoms with Crippen molar-refractivity contribution in [3.8, 4) is 21.8 Å². The summed E-state index contributed by atoms with van der Waals surface area (Å²) in [4.78, 5) is 21.5. The van der Waals surface area contributed by atoms with Crippen molar-refractivity contribution < 1.29 is 4.79 Å². The first-order valence-electron chi connectivity index (χ1n) is 9.84. The van der Waals surface area contributed by atoms with Crippen LogP contribution in [0.15, 0.2) is 77.7 Å². The summed E-state index contributed by atoms with van der Waals surface area (Å²) in [7, 11) is 0. The second kappa shape index (κ2) is 7.72. The van der Waals surface area contributed by atoms with Crippen molar-refractivity contribution in [1.29, 1.82) is 0 Å². The van der Waals surface area contributed by atoms with E-state index in [0.29, 0.717) is 5.57 Å². The zero-order chi connectivity index (χ0) is 20.5. The zero-order valence-electron chi connectivity index (χ0n) is 16.5. The van der Waals surface area contributed by atoms with Gasteiger partial charge in [-0.3, -0.25) is 9.78 Å². The Morgan fingerprint density at radius 3 is 2.87 bits per heavy atom. The molecule has 2 N–H and O–H groups in total. The number of fused-ring (bicyclic) bond motifs is 1. The third-order valence-electron chi connectivity index (χ3n) is 5.32. The minimum Gasteiger partial charge on any atom is -0.362 e. The maximum absolute atomic E-state index is 12.7. The quantitative estimate of drug-likeness (QED) is 0.567. The molecular formula is C24H20N4OS. The smallest absolute Gasteiger partial charge is 0.256 e. The summed E-state index contributed by atoms with van der Waals surface area (Å²) < 4.78 is 0. The number of hydrogen-bond donors (Lipinski definition) is 2. The molecule has 0 aliphatic carbocycles. The molecule has 2 aliphatic rings. The number of pyridine rings is 1. The molecule has 2 aliphatic heterocycles. The van der Waals surface area contributed by atoms with E-state index in [2.05, 4.69) is 34.0 Å². The fourth-order valence-electron chi connectivity index (χ4n) is 3.62. The first kappa shape index (κ1) is 18.5. The summed E-state index contributed by atoms with van der Waals surface area (Å²) in [5.41, 5.74) is 7.59. The van der Waals surface area contributed by atoms with E-state index in [1.807, 2.05) is 42.6 Å². The molecule has 0 atom stereocenters. The average Bonchev–Trinajstić information content (AvgIpc) is 3.31. The minimum atomic E-state index is -0.0757. The van der Waals surface area contributed by atoms with Crippen LogP contribution in [0.2, 0.25) is 0 Å². The maximum atomic E-state index is 12.7. The molecule has 0 radical (unpaired) electrons. The highest BCUT2D eigenvalue weighted by atomic mass is 32.1. The monoisotopic (exact) mass is 412 g/mol. The number of rotatable bonds is 3. The van der Waals surface area contributed by atoms with E-state index in [1.54, 1.807) is 23.7 Å². The number of nitrogens with zero attached hydrogens (tertiary/aromatic N) is 2. The molecule has 0 bridgehead atoms. The summed E-state index contributed by atoms with van der Waals surface area (Å²) in [5, 5.41) is 9.28. The summed E-state index contributed by atoms with van der Waals surface area (Å²) in [6, 6.07) is 9.92. The van der Waals surface area contributed by atoms with Gasteiger partial charge in [0.25, 0.3) is 5.91 Å². The third kappa shape index (κ3) is 3.46. The SMILES string of the molecule is CC1=C(/C=C2\C(=O)Nc3ccc(-c4csc(-c5ccncc5)n4)cc32)NC=CCC1. The van der Waals surface area contributed by atoms with Gasteiger partial charge in [-0.05, 0) is 61.9 Å². The van der Waals surface area contributed by atoms with Crippen LogP contribution in [-0.2, 0) is 4.79 Å². The van der Waals surface area contributed by atoms with Crippen LogP contribution < -0.4 is 10.6 Å². The molecule has 5 nitrogen and oxygen atoms in total. The number of carbonyl (C=O) groups is 1. The van der Waals surface area contributed by atoms with Gasteiger partial charge in [-0.25, -0.2) is 4.98 Å². The van der Waals surface area contributed by atoms with Gasteiger partial charge in [-0.1, -0.05) is 12.1 Å². The zero-order valence-corrected chi connectivity index (χ0v) is 17.3. The van der Waals surface area contributed by atoms with Crippen LogP contribution in [0.5, 0.6) is 0 Å². The molecule has 5 rings (SSSR count). The van der Waals surface area contributed by atoms with Crippen molar-refractivity contribution in [2.75, 3.05) is 5.32 Å². The van der Waals surface area contributed by atoms with Crippen molar-refractivity contribution in [1.82, 2.24) is 15.3 Å². The lowest BCUT2D eigenvalue weighted by Gasteiger charge is -2.07. The normalized spacial score (nSPS) is 17.0. The number of carbonyl (C=O) groups excluding carboxylic acids is 1. The van der Waals surface area contributed by atoms with Gasteiger partial charge in [0.1, 0.15) is 5.01 Å². The molecular weight excluding hydrogens is 392 g/mol. The molecule has 0 unspecified atom stereocenters. The summed E-state index contributed by atoms with van der Waals surface area (Å²) >= 11 is 1.60. The number of nitrogens with one attached hydrogen (secondary N) is 2. The van der Waals surface area contributed by atoms with Crippen LogP contribution in [0.1, 0.15) is 25.3 Å². The predicted octanol–water partition coefficient (Wildman–Crippen LogP) is 5.38. The fraction of sp³-hybridized carbons (Fsp3) is 0.125. The Hall–Kier alpha value is -3.51. The van der Waals surface area contributed by atoms with Gasteiger partial charge in [0, 0.05) is 45.8 Å². The molecule has 0 spiro atoms. The first-order chi connectivity index (χ1) is 14.7. The average molecular weight is 413 g/mol. The Morgan fingerprint density at radius 1 is 1.13 bits per heavy atom.